The largest absolute Gasteiger partial charge is 0.480 e. The Bertz CT molecular complexity index is 502. The minimum atomic E-state index is -1.18. The van der Waals surface area contributed by atoms with Crippen molar-refractivity contribution >= 4 is 23.3 Å². The van der Waals surface area contributed by atoms with Gasteiger partial charge < -0.3 is 21.9 Å². The first kappa shape index (κ1) is 14.7. The van der Waals surface area contributed by atoms with Crippen molar-refractivity contribution in [3.8, 4) is 0 Å². The van der Waals surface area contributed by atoms with Gasteiger partial charge >= 0.3 is 5.97 Å². The van der Waals surface area contributed by atoms with Gasteiger partial charge in [0.1, 0.15) is 6.54 Å². The number of hydrogen-bond donors (Lipinski definition) is 4. The number of Topliss-reactive ketones (excluding diaryl/α,β-unsaturated/α-hetero) is 1. The number of aliphatic carboxylic acids is 1. The molecule has 7 nitrogen and oxygen atoms in total. The number of carboxylic acids is 1. The molecule has 0 fully saturated rings. The fraction of sp³-hybridized carbons (Fsp3) is 0.250. The van der Waals surface area contributed by atoms with Gasteiger partial charge in [-0.25, -0.2) is 0 Å². The molecule has 0 saturated carbocycles. The van der Waals surface area contributed by atoms with Crippen LogP contribution in [0.3, 0.4) is 0 Å². The van der Waals surface area contributed by atoms with Gasteiger partial charge in [-0.1, -0.05) is 12.1 Å². The molecule has 1 amide bonds. The summed E-state index contributed by atoms with van der Waals surface area (Å²) in [5.74, 6) is -2.24. The molecule has 0 aromatic heterocycles. The topological polar surface area (TPSA) is 136 Å². The molecule has 1 atom stereocenters. The second-order valence-corrected chi connectivity index (χ2v) is 3.93. The van der Waals surface area contributed by atoms with Crippen LogP contribution in [0.25, 0.3) is 0 Å². The highest BCUT2D eigenvalue weighted by molar-refractivity contribution is 6.03. The lowest BCUT2D eigenvalue weighted by atomic mass is 10.0. The van der Waals surface area contributed by atoms with Gasteiger partial charge in [0.15, 0.2) is 5.78 Å². The van der Waals surface area contributed by atoms with Gasteiger partial charge in [-0.05, 0) is 12.1 Å². The second kappa shape index (κ2) is 6.50. The first-order valence-electron chi connectivity index (χ1n) is 5.54. The highest BCUT2D eigenvalue weighted by Gasteiger charge is 2.19. The van der Waals surface area contributed by atoms with Crippen LogP contribution in [0, 0.1) is 0 Å². The molecule has 0 saturated heterocycles. The zero-order chi connectivity index (χ0) is 14.4. The molecule has 0 heterocycles. The highest BCUT2D eigenvalue weighted by atomic mass is 16.4. The number of carboxylic acid groups (broad SMARTS) is 1. The molecular weight excluding hydrogens is 250 g/mol. The highest BCUT2D eigenvalue weighted by Crippen LogP contribution is 2.13. The molecule has 0 spiro atoms. The molecule has 1 rings (SSSR count). The summed E-state index contributed by atoms with van der Waals surface area (Å²) in [7, 11) is 0. The van der Waals surface area contributed by atoms with E-state index >= 15 is 0 Å². The Hall–Kier alpha value is -2.41. The van der Waals surface area contributed by atoms with E-state index in [1.54, 1.807) is 24.3 Å². The molecule has 0 aliphatic heterocycles. The van der Waals surface area contributed by atoms with Crippen LogP contribution in [-0.4, -0.2) is 35.4 Å². The summed E-state index contributed by atoms with van der Waals surface area (Å²) in [4.78, 5) is 33.6. The van der Waals surface area contributed by atoms with Gasteiger partial charge in [0.2, 0.25) is 5.91 Å². The number of rotatable bonds is 6. The minimum absolute atomic E-state index is 0.236. The van der Waals surface area contributed by atoms with E-state index in [9.17, 15) is 14.4 Å². The summed E-state index contributed by atoms with van der Waals surface area (Å²) in [6, 6.07) is 5.35. The summed E-state index contributed by atoms with van der Waals surface area (Å²) in [5, 5.41) is 10.5. The van der Waals surface area contributed by atoms with Crippen molar-refractivity contribution < 1.29 is 19.5 Å². The summed E-state index contributed by atoms with van der Waals surface area (Å²) >= 11 is 0. The van der Waals surface area contributed by atoms with E-state index in [0.717, 1.165) is 0 Å². The molecule has 6 N–H and O–H groups in total. The minimum Gasteiger partial charge on any atom is -0.480 e. The van der Waals surface area contributed by atoms with Gasteiger partial charge in [-0.15, -0.1) is 0 Å². The van der Waals surface area contributed by atoms with E-state index < -0.39 is 24.5 Å². The lowest BCUT2D eigenvalue weighted by molar-refractivity contribution is -0.138. The average Bonchev–Trinajstić information content (AvgIpc) is 2.36. The van der Waals surface area contributed by atoms with Crippen LogP contribution in [0.4, 0.5) is 5.69 Å². The zero-order valence-electron chi connectivity index (χ0n) is 10.1. The fourth-order valence-electron chi connectivity index (χ4n) is 1.45. The van der Waals surface area contributed by atoms with Crippen LogP contribution in [-0.2, 0) is 9.59 Å². The number of amides is 1. The second-order valence-electron chi connectivity index (χ2n) is 3.93. The van der Waals surface area contributed by atoms with Gasteiger partial charge in [-0.3, -0.25) is 14.4 Å². The van der Waals surface area contributed by atoms with E-state index in [2.05, 4.69) is 5.32 Å². The van der Waals surface area contributed by atoms with Gasteiger partial charge in [0.25, 0.3) is 0 Å². The normalized spacial score (nSPS) is 11.6. The third-order valence-electron chi connectivity index (χ3n) is 2.42. The fourth-order valence-corrected chi connectivity index (χ4v) is 1.45. The SMILES string of the molecule is Nc1ccccc1C(=O)CC(N)C(=O)NCC(=O)O. The van der Waals surface area contributed by atoms with E-state index in [1.165, 1.54) is 0 Å². The van der Waals surface area contributed by atoms with Crippen molar-refractivity contribution in [2.75, 3.05) is 12.3 Å². The third-order valence-corrected chi connectivity index (χ3v) is 2.42. The van der Waals surface area contributed by atoms with Crippen LogP contribution in [0.2, 0.25) is 0 Å². The summed E-state index contributed by atoms with van der Waals surface area (Å²) in [5.41, 5.74) is 11.8. The van der Waals surface area contributed by atoms with E-state index in [1.807, 2.05) is 0 Å². The van der Waals surface area contributed by atoms with Gasteiger partial charge in [0.05, 0.1) is 6.04 Å². The number of anilines is 1. The maximum atomic E-state index is 11.9. The van der Waals surface area contributed by atoms with Crippen LogP contribution in [0.5, 0.6) is 0 Å². The van der Waals surface area contributed by atoms with Crippen molar-refractivity contribution in [1.82, 2.24) is 5.32 Å². The smallest absolute Gasteiger partial charge is 0.322 e. The predicted molar refractivity (Wildman–Crippen MR) is 68.4 cm³/mol. The average molecular weight is 265 g/mol. The molecule has 0 aliphatic rings. The Morgan fingerprint density at radius 1 is 1.26 bits per heavy atom. The number of carbonyl (C=O) groups excluding carboxylic acids is 2. The van der Waals surface area contributed by atoms with E-state index in [-0.39, 0.29) is 12.2 Å². The monoisotopic (exact) mass is 265 g/mol. The number of carbonyl (C=O) groups is 3. The Balaban J connectivity index is 2.59. The van der Waals surface area contributed by atoms with Crippen molar-refractivity contribution in [2.24, 2.45) is 5.73 Å². The number of nitrogen functional groups attached to an aromatic ring is 1. The Morgan fingerprint density at radius 3 is 2.47 bits per heavy atom. The summed E-state index contributed by atoms with van der Waals surface area (Å²) < 4.78 is 0. The number of hydrogen-bond acceptors (Lipinski definition) is 5. The standard InChI is InChI=1S/C12H15N3O4/c13-8-4-2-1-3-7(8)10(16)5-9(14)12(19)15-6-11(17)18/h1-4,9H,5-6,13-14H2,(H,15,19)(H,17,18). The molecule has 19 heavy (non-hydrogen) atoms. The van der Waals surface area contributed by atoms with Crippen LogP contribution in [0.1, 0.15) is 16.8 Å². The third kappa shape index (κ3) is 4.40. The van der Waals surface area contributed by atoms with E-state index in [0.29, 0.717) is 11.3 Å². The van der Waals surface area contributed by atoms with Crippen molar-refractivity contribution in [3.05, 3.63) is 29.8 Å². The maximum absolute atomic E-state index is 11.9. The van der Waals surface area contributed by atoms with Crippen LogP contribution in [0.15, 0.2) is 24.3 Å². The Labute approximate surface area is 109 Å². The number of ketones is 1. The molecule has 1 aromatic carbocycles. The predicted octanol–water partition coefficient (Wildman–Crippen LogP) is -0.630. The molecule has 1 unspecified atom stereocenters. The quantitative estimate of drug-likeness (QED) is 0.399. The van der Waals surface area contributed by atoms with Crippen molar-refractivity contribution in [3.63, 3.8) is 0 Å². The molecular formula is C12H15N3O4. The molecule has 0 aliphatic carbocycles. The first-order chi connectivity index (χ1) is 8.91. The molecule has 1 aromatic rings. The zero-order valence-corrected chi connectivity index (χ0v) is 10.1. The Morgan fingerprint density at radius 2 is 1.89 bits per heavy atom. The van der Waals surface area contributed by atoms with Crippen molar-refractivity contribution in [2.45, 2.75) is 12.5 Å². The lowest BCUT2D eigenvalue weighted by Gasteiger charge is -2.11. The van der Waals surface area contributed by atoms with Crippen LogP contribution >= 0.6 is 0 Å². The van der Waals surface area contributed by atoms with Crippen molar-refractivity contribution in [1.29, 1.82) is 0 Å². The number of nitrogens with two attached hydrogens (primary N) is 2. The summed E-state index contributed by atoms with van der Waals surface area (Å²) in [6.07, 6.45) is -0.236. The van der Waals surface area contributed by atoms with Gasteiger partial charge in [0, 0.05) is 17.7 Å². The van der Waals surface area contributed by atoms with Gasteiger partial charge in [-0.2, -0.15) is 0 Å². The molecule has 7 heteroatoms. The number of para-hydroxylation sites is 1. The summed E-state index contributed by atoms with van der Waals surface area (Å²) in [6.45, 7) is -0.534. The first-order valence-corrected chi connectivity index (χ1v) is 5.54. The Kier molecular flexibility index (Phi) is 5.01. The lowest BCUT2D eigenvalue weighted by Crippen LogP contribution is -2.43. The van der Waals surface area contributed by atoms with E-state index in [4.69, 9.17) is 16.6 Å². The maximum Gasteiger partial charge on any atom is 0.322 e. The molecule has 0 radical (unpaired) electrons. The molecule has 102 valence electrons. The molecule has 0 bridgehead atoms. The number of nitrogens with one attached hydrogen (secondary N) is 1. The van der Waals surface area contributed by atoms with Crippen LogP contribution < -0.4 is 16.8 Å². The number of benzene rings is 1.